The summed E-state index contributed by atoms with van der Waals surface area (Å²) in [5.74, 6) is -0.488. The van der Waals surface area contributed by atoms with Crippen LogP contribution in [0.5, 0.6) is 0 Å². The van der Waals surface area contributed by atoms with E-state index in [4.69, 9.17) is 15.9 Å². The van der Waals surface area contributed by atoms with Gasteiger partial charge in [-0.05, 0) is 6.42 Å². The lowest BCUT2D eigenvalue weighted by Crippen LogP contribution is -2.37. The molecule has 0 saturated carbocycles. The molecule has 0 atom stereocenters. The van der Waals surface area contributed by atoms with E-state index in [2.05, 4.69) is 0 Å². The molecule has 0 heterocycles. The fourth-order valence-electron chi connectivity index (χ4n) is 0.540. The summed E-state index contributed by atoms with van der Waals surface area (Å²) >= 11 is 0. The first-order valence-corrected chi connectivity index (χ1v) is 3.78. The quantitative estimate of drug-likeness (QED) is 0.394. The molecule has 0 aliphatic heterocycles. The van der Waals surface area contributed by atoms with Crippen molar-refractivity contribution in [1.82, 2.24) is 4.90 Å². The van der Waals surface area contributed by atoms with E-state index in [1.165, 1.54) is 4.90 Å². The van der Waals surface area contributed by atoms with Gasteiger partial charge >= 0.3 is 5.97 Å². The number of nitrogens with zero attached hydrogens (tertiary/aromatic N) is 1. The summed E-state index contributed by atoms with van der Waals surface area (Å²) in [6.07, 6.45) is 0.801. The number of carbonyl (C=O) groups is 1. The molecule has 0 spiro atoms. The lowest BCUT2D eigenvalue weighted by molar-refractivity contribution is -0.143. The summed E-state index contributed by atoms with van der Waals surface area (Å²) in [5.41, 5.74) is 5.11. The average Bonchev–Trinajstić information content (AvgIpc) is 2.00. The van der Waals surface area contributed by atoms with E-state index in [0.29, 0.717) is 6.61 Å². The molecule has 0 fully saturated rings. The van der Waals surface area contributed by atoms with Crippen LogP contribution in [0.15, 0.2) is 0 Å². The van der Waals surface area contributed by atoms with Crippen LogP contribution in [0, 0.1) is 5.41 Å². The number of halogens is 1. The largest absolute Gasteiger partial charge is 0.464 e. The van der Waals surface area contributed by atoms with Crippen LogP contribution in [-0.2, 0) is 9.53 Å². The number of nitrogens with one attached hydrogen (secondary N) is 1. The lowest BCUT2D eigenvalue weighted by Gasteiger charge is -2.14. The van der Waals surface area contributed by atoms with Gasteiger partial charge in [-0.3, -0.25) is 10.2 Å². The summed E-state index contributed by atoms with van der Waals surface area (Å²) in [6, 6.07) is 0. The van der Waals surface area contributed by atoms with Crippen molar-refractivity contribution in [3.63, 3.8) is 0 Å². The number of likely N-dealkylation sites (N-methyl/N-ethyl adjacent to an activating group) is 1. The van der Waals surface area contributed by atoms with Gasteiger partial charge in [0.1, 0.15) is 6.54 Å². The topological polar surface area (TPSA) is 79.4 Å². The second-order valence-corrected chi connectivity index (χ2v) is 2.46. The third kappa shape index (κ3) is 7.39. The van der Waals surface area contributed by atoms with Gasteiger partial charge in [-0.15, -0.1) is 12.4 Å². The molecule has 0 radical (unpaired) electrons. The Hall–Kier alpha value is -0.970. The van der Waals surface area contributed by atoms with Crippen LogP contribution in [0.25, 0.3) is 0 Å². The number of ether oxygens (including phenoxy) is 1. The minimum absolute atomic E-state index is 0. The van der Waals surface area contributed by atoms with Gasteiger partial charge < -0.3 is 15.4 Å². The van der Waals surface area contributed by atoms with Gasteiger partial charge in [-0.1, -0.05) is 6.92 Å². The van der Waals surface area contributed by atoms with Crippen LogP contribution in [0.2, 0.25) is 0 Å². The average molecular weight is 210 g/mol. The van der Waals surface area contributed by atoms with Gasteiger partial charge in [0.2, 0.25) is 0 Å². The van der Waals surface area contributed by atoms with E-state index in [9.17, 15) is 4.79 Å². The van der Waals surface area contributed by atoms with Gasteiger partial charge in [-0.25, -0.2) is 0 Å². The number of carbonyl (C=O) groups excluding carboxylic acids is 1. The summed E-state index contributed by atoms with van der Waals surface area (Å²) in [4.78, 5) is 12.2. The zero-order valence-corrected chi connectivity index (χ0v) is 8.69. The van der Waals surface area contributed by atoms with Gasteiger partial charge in [0.25, 0.3) is 0 Å². The van der Waals surface area contributed by atoms with Crippen molar-refractivity contribution in [2.24, 2.45) is 5.73 Å². The number of hydrogen-bond acceptors (Lipinski definition) is 3. The molecule has 0 aromatic rings. The summed E-state index contributed by atoms with van der Waals surface area (Å²) in [5, 5.41) is 6.97. The highest BCUT2D eigenvalue weighted by Crippen LogP contribution is 1.86. The number of rotatable bonds is 4. The lowest BCUT2D eigenvalue weighted by atomic mass is 10.5. The van der Waals surface area contributed by atoms with Crippen molar-refractivity contribution < 1.29 is 9.53 Å². The third-order valence-corrected chi connectivity index (χ3v) is 1.24. The van der Waals surface area contributed by atoms with Crippen molar-refractivity contribution in [3.05, 3.63) is 0 Å². The number of hydrogen-bond donors (Lipinski definition) is 2. The van der Waals surface area contributed by atoms with Crippen LogP contribution in [0.1, 0.15) is 13.3 Å². The first-order chi connectivity index (χ1) is 5.57. The maximum atomic E-state index is 10.9. The van der Waals surface area contributed by atoms with Crippen LogP contribution in [0.4, 0.5) is 0 Å². The van der Waals surface area contributed by atoms with Crippen molar-refractivity contribution in [2.75, 3.05) is 20.2 Å². The predicted molar refractivity (Wildman–Crippen MR) is 53.0 cm³/mol. The molecule has 0 aliphatic rings. The van der Waals surface area contributed by atoms with E-state index in [-0.39, 0.29) is 30.9 Å². The van der Waals surface area contributed by atoms with Crippen LogP contribution in [-0.4, -0.2) is 37.0 Å². The Morgan fingerprint density at radius 2 is 2.15 bits per heavy atom. The van der Waals surface area contributed by atoms with Crippen molar-refractivity contribution >= 4 is 24.3 Å². The second-order valence-electron chi connectivity index (χ2n) is 2.46. The molecule has 0 bridgehead atoms. The monoisotopic (exact) mass is 209 g/mol. The zero-order chi connectivity index (χ0) is 9.56. The molecule has 0 rings (SSSR count). The summed E-state index contributed by atoms with van der Waals surface area (Å²) in [7, 11) is 1.57. The Morgan fingerprint density at radius 3 is 2.54 bits per heavy atom. The number of esters is 1. The molecule has 0 aromatic heterocycles. The van der Waals surface area contributed by atoms with Gasteiger partial charge in [0.15, 0.2) is 5.96 Å². The third-order valence-electron chi connectivity index (χ3n) is 1.24. The minimum Gasteiger partial charge on any atom is -0.464 e. The normalized spacial score (nSPS) is 8.46. The molecule has 0 unspecified atom stereocenters. The molecular formula is C7H16ClN3O2. The molecule has 0 amide bonds. The molecule has 78 valence electrons. The van der Waals surface area contributed by atoms with Crippen molar-refractivity contribution in [1.29, 1.82) is 5.41 Å². The number of nitrogens with two attached hydrogens (primary N) is 1. The first kappa shape index (κ1) is 14.5. The van der Waals surface area contributed by atoms with E-state index in [1.54, 1.807) is 7.05 Å². The number of guanidine groups is 1. The Labute approximate surface area is 84.1 Å². The molecule has 0 aliphatic carbocycles. The smallest absolute Gasteiger partial charge is 0.325 e. The van der Waals surface area contributed by atoms with E-state index in [1.807, 2.05) is 6.92 Å². The SMILES string of the molecule is CCCOC(=O)CN(C)C(=N)N.Cl. The highest BCUT2D eigenvalue weighted by molar-refractivity contribution is 5.85. The van der Waals surface area contributed by atoms with Gasteiger partial charge in [0.05, 0.1) is 6.61 Å². The molecular weight excluding hydrogens is 194 g/mol. The Morgan fingerprint density at radius 1 is 1.62 bits per heavy atom. The molecule has 6 heteroatoms. The van der Waals surface area contributed by atoms with E-state index < -0.39 is 0 Å². The maximum absolute atomic E-state index is 10.9. The Balaban J connectivity index is 0. The fraction of sp³-hybridized carbons (Fsp3) is 0.714. The van der Waals surface area contributed by atoms with Crippen molar-refractivity contribution in [3.8, 4) is 0 Å². The second kappa shape index (κ2) is 7.67. The maximum Gasteiger partial charge on any atom is 0.325 e. The molecule has 0 aromatic carbocycles. The molecule has 13 heavy (non-hydrogen) atoms. The Bertz CT molecular complexity index is 175. The van der Waals surface area contributed by atoms with Gasteiger partial charge in [0, 0.05) is 7.05 Å². The minimum atomic E-state index is -0.352. The van der Waals surface area contributed by atoms with Gasteiger partial charge in [-0.2, -0.15) is 0 Å². The first-order valence-electron chi connectivity index (χ1n) is 3.78. The molecule has 5 nitrogen and oxygen atoms in total. The summed E-state index contributed by atoms with van der Waals surface area (Å²) in [6.45, 7) is 2.38. The zero-order valence-electron chi connectivity index (χ0n) is 7.87. The van der Waals surface area contributed by atoms with Crippen LogP contribution in [0.3, 0.4) is 0 Å². The highest BCUT2D eigenvalue weighted by Gasteiger charge is 2.07. The van der Waals surface area contributed by atoms with Crippen LogP contribution >= 0.6 is 12.4 Å². The Kier molecular flexibility index (Phi) is 8.58. The predicted octanol–water partition coefficient (Wildman–Crippen LogP) is 0.187. The summed E-state index contributed by atoms with van der Waals surface area (Å²) < 4.78 is 4.78. The van der Waals surface area contributed by atoms with Crippen molar-refractivity contribution in [2.45, 2.75) is 13.3 Å². The van der Waals surface area contributed by atoms with Crippen LogP contribution < -0.4 is 5.73 Å². The highest BCUT2D eigenvalue weighted by atomic mass is 35.5. The standard InChI is InChI=1S/C7H15N3O2.ClH/c1-3-4-12-6(11)5-10(2)7(8)9;/h3-5H2,1-2H3,(H3,8,9);1H. The molecule has 3 N–H and O–H groups in total. The van der Waals surface area contributed by atoms with E-state index in [0.717, 1.165) is 6.42 Å². The fourth-order valence-corrected chi connectivity index (χ4v) is 0.540. The van der Waals surface area contributed by atoms with E-state index >= 15 is 0 Å². The molecule has 0 saturated heterocycles.